The molecule has 1 atom stereocenters. The Morgan fingerprint density at radius 1 is 0.765 bits per heavy atom. The first-order chi connectivity index (χ1) is 16.4. The van der Waals surface area contributed by atoms with E-state index in [2.05, 4.69) is 5.32 Å². The summed E-state index contributed by atoms with van der Waals surface area (Å²) in [4.78, 5) is 12.9. The number of hydrogen-bond donors (Lipinski definition) is 1. The molecule has 0 aliphatic rings. The summed E-state index contributed by atoms with van der Waals surface area (Å²) in [6, 6.07) is 34.1. The van der Waals surface area contributed by atoms with E-state index in [0.717, 1.165) is 11.1 Å². The topological polar surface area (TPSA) is 66.5 Å². The number of amides is 1. The molecular weight excluding hydrogens is 444 g/mol. The maximum Gasteiger partial charge on any atom is 0.264 e. The standard InChI is InChI=1S/C28H26N2O3S/c1-22(24-11-5-2-6-12-24)29-28(31)25-19-17-23(18-20-25)21-30(26-13-7-3-8-14-26)34(32,33)27-15-9-4-10-16-27/h2-20,22H,21H2,1H3,(H,29,31). The SMILES string of the molecule is CC(NC(=O)c1ccc(CN(c2ccccc2)S(=O)(=O)c2ccccc2)cc1)c1ccccc1. The maximum atomic E-state index is 13.4. The lowest BCUT2D eigenvalue weighted by molar-refractivity contribution is 0.0940. The van der Waals surface area contributed by atoms with Gasteiger partial charge in [0.15, 0.2) is 0 Å². The fraction of sp³-hybridized carbons (Fsp3) is 0.107. The van der Waals surface area contributed by atoms with Crippen molar-refractivity contribution in [2.75, 3.05) is 4.31 Å². The lowest BCUT2D eigenvalue weighted by Crippen LogP contribution is -2.30. The molecule has 34 heavy (non-hydrogen) atoms. The zero-order chi connectivity index (χ0) is 24.0. The van der Waals surface area contributed by atoms with Gasteiger partial charge in [-0.05, 0) is 54.4 Å². The van der Waals surface area contributed by atoms with Crippen LogP contribution in [0.3, 0.4) is 0 Å². The minimum atomic E-state index is -3.77. The van der Waals surface area contributed by atoms with Gasteiger partial charge >= 0.3 is 0 Å². The zero-order valence-electron chi connectivity index (χ0n) is 18.8. The van der Waals surface area contributed by atoms with Gasteiger partial charge in [0.25, 0.3) is 15.9 Å². The first-order valence-electron chi connectivity index (χ1n) is 11.0. The number of nitrogens with zero attached hydrogens (tertiary/aromatic N) is 1. The van der Waals surface area contributed by atoms with Crippen LogP contribution in [0.15, 0.2) is 120 Å². The summed E-state index contributed by atoms with van der Waals surface area (Å²) in [5.41, 5.74) is 2.89. The molecule has 0 aliphatic carbocycles. The molecule has 4 aromatic carbocycles. The number of sulfonamides is 1. The van der Waals surface area contributed by atoms with Gasteiger partial charge in [0.05, 0.1) is 23.2 Å². The summed E-state index contributed by atoms with van der Waals surface area (Å²) in [5, 5.41) is 3.00. The summed E-state index contributed by atoms with van der Waals surface area (Å²) in [5.74, 6) is -0.181. The van der Waals surface area contributed by atoms with Crippen molar-refractivity contribution in [1.29, 1.82) is 0 Å². The predicted octanol–water partition coefficient (Wildman–Crippen LogP) is 5.57. The third-order valence-corrected chi connectivity index (χ3v) is 7.35. The van der Waals surface area contributed by atoms with Gasteiger partial charge in [-0.15, -0.1) is 0 Å². The fourth-order valence-corrected chi connectivity index (χ4v) is 5.14. The molecular formula is C28H26N2O3S. The van der Waals surface area contributed by atoms with Gasteiger partial charge in [0.2, 0.25) is 0 Å². The Balaban J connectivity index is 1.54. The lowest BCUT2D eigenvalue weighted by atomic mass is 10.1. The molecule has 172 valence electrons. The lowest BCUT2D eigenvalue weighted by Gasteiger charge is -2.25. The molecule has 1 N–H and O–H groups in total. The highest BCUT2D eigenvalue weighted by atomic mass is 32.2. The number of carbonyl (C=O) groups excluding carboxylic acids is 1. The van der Waals surface area contributed by atoms with Crippen LogP contribution in [0.2, 0.25) is 0 Å². The Kier molecular flexibility index (Phi) is 7.09. The van der Waals surface area contributed by atoms with Crippen molar-refractivity contribution in [1.82, 2.24) is 5.32 Å². The smallest absolute Gasteiger partial charge is 0.264 e. The van der Waals surface area contributed by atoms with Gasteiger partial charge in [0, 0.05) is 5.56 Å². The third kappa shape index (κ3) is 5.35. The van der Waals surface area contributed by atoms with E-state index in [1.807, 2.05) is 55.5 Å². The van der Waals surface area contributed by atoms with E-state index in [1.165, 1.54) is 4.31 Å². The normalized spacial score (nSPS) is 12.0. The Labute approximate surface area is 200 Å². The Morgan fingerprint density at radius 2 is 1.29 bits per heavy atom. The van der Waals surface area contributed by atoms with E-state index in [0.29, 0.717) is 11.3 Å². The molecule has 6 heteroatoms. The maximum absolute atomic E-state index is 13.4. The Morgan fingerprint density at radius 3 is 1.88 bits per heavy atom. The first kappa shape index (κ1) is 23.3. The van der Waals surface area contributed by atoms with Crippen LogP contribution < -0.4 is 9.62 Å². The van der Waals surface area contributed by atoms with Crippen LogP contribution in [0.4, 0.5) is 5.69 Å². The number of rotatable bonds is 8. The quantitative estimate of drug-likeness (QED) is 0.366. The molecule has 4 aromatic rings. The van der Waals surface area contributed by atoms with Crippen molar-refractivity contribution in [2.45, 2.75) is 24.4 Å². The molecule has 1 unspecified atom stereocenters. The van der Waals surface area contributed by atoms with Crippen LogP contribution >= 0.6 is 0 Å². The molecule has 0 aliphatic heterocycles. The van der Waals surface area contributed by atoms with Crippen molar-refractivity contribution in [3.8, 4) is 0 Å². The second-order valence-electron chi connectivity index (χ2n) is 7.96. The summed E-state index contributed by atoms with van der Waals surface area (Å²) in [7, 11) is -3.77. The highest BCUT2D eigenvalue weighted by Crippen LogP contribution is 2.26. The molecule has 0 aromatic heterocycles. The summed E-state index contributed by atoms with van der Waals surface area (Å²) in [6.07, 6.45) is 0. The van der Waals surface area contributed by atoms with E-state index in [4.69, 9.17) is 0 Å². The highest BCUT2D eigenvalue weighted by molar-refractivity contribution is 7.92. The Bertz CT molecular complexity index is 1330. The van der Waals surface area contributed by atoms with Crippen LogP contribution in [-0.2, 0) is 16.6 Å². The number of benzene rings is 4. The minimum Gasteiger partial charge on any atom is -0.346 e. The van der Waals surface area contributed by atoms with Gasteiger partial charge in [-0.2, -0.15) is 0 Å². The van der Waals surface area contributed by atoms with Crippen molar-refractivity contribution < 1.29 is 13.2 Å². The molecule has 0 fully saturated rings. The fourth-order valence-electron chi connectivity index (χ4n) is 3.66. The molecule has 0 saturated heterocycles. The first-order valence-corrected chi connectivity index (χ1v) is 12.5. The molecule has 0 radical (unpaired) electrons. The van der Waals surface area contributed by atoms with E-state index >= 15 is 0 Å². The number of anilines is 1. The minimum absolute atomic E-state index is 0.127. The van der Waals surface area contributed by atoms with Gasteiger partial charge in [0.1, 0.15) is 0 Å². The van der Waals surface area contributed by atoms with Crippen molar-refractivity contribution >= 4 is 21.6 Å². The Hall–Kier alpha value is -3.90. The third-order valence-electron chi connectivity index (χ3n) is 5.56. The van der Waals surface area contributed by atoms with Gasteiger partial charge < -0.3 is 5.32 Å². The molecule has 5 nitrogen and oxygen atoms in total. The number of hydrogen-bond acceptors (Lipinski definition) is 3. The van der Waals surface area contributed by atoms with E-state index in [-0.39, 0.29) is 23.4 Å². The monoisotopic (exact) mass is 470 g/mol. The summed E-state index contributed by atoms with van der Waals surface area (Å²) < 4.78 is 28.2. The molecule has 0 bridgehead atoms. The molecule has 0 heterocycles. The van der Waals surface area contributed by atoms with E-state index in [9.17, 15) is 13.2 Å². The number of nitrogens with one attached hydrogen (secondary N) is 1. The van der Waals surface area contributed by atoms with Crippen LogP contribution in [0.1, 0.15) is 34.5 Å². The van der Waals surface area contributed by atoms with Gasteiger partial charge in [-0.3, -0.25) is 9.10 Å². The van der Waals surface area contributed by atoms with Gasteiger partial charge in [-0.25, -0.2) is 8.42 Å². The molecule has 0 spiro atoms. The highest BCUT2D eigenvalue weighted by Gasteiger charge is 2.25. The zero-order valence-corrected chi connectivity index (χ0v) is 19.7. The average Bonchev–Trinajstić information content (AvgIpc) is 2.89. The van der Waals surface area contributed by atoms with Crippen LogP contribution in [-0.4, -0.2) is 14.3 Å². The van der Waals surface area contributed by atoms with E-state index < -0.39 is 10.0 Å². The summed E-state index contributed by atoms with van der Waals surface area (Å²) >= 11 is 0. The number of carbonyl (C=O) groups is 1. The van der Waals surface area contributed by atoms with Crippen molar-refractivity contribution in [2.24, 2.45) is 0 Å². The van der Waals surface area contributed by atoms with Crippen molar-refractivity contribution in [3.63, 3.8) is 0 Å². The number of para-hydroxylation sites is 1. The molecule has 4 rings (SSSR count). The van der Waals surface area contributed by atoms with Crippen LogP contribution in [0, 0.1) is 0 Å². The average molecular weight is 471 g/mol. The van der Waals surface area contributed by atoms with E-state index in [1.54, 1.807) is 66.7 Å². The summed E-state index contributed by atoms with van der Waals surface area (Å²) in [6.45, 7) is 2.08. The molecule has 0 saturated carbocycles. The second-order valence-corrected chi connectivity index (χ2v) is 9.83. The predicted molar refractivity (Wildman–Crippen MR) is 135 cm³/mol. The largest absolute Gasteiger partial charge is 0.346 e. The second kappa shape index (κ2) is 10.4. The van der Waals surface area contributed by atoms with Crippen molar-refractivity contribution in [3.05, 3.63) is 132 Å². The van der Waals surface area contributed by atoms with Gasteiger partial charge in [-0.1, -0.05) is 78.9 Å². The van der Waals surface area contributed by atoms with Crippen LogP contribution in [0.25, 0.3) is 0 Å². The van der Waals surface area contributed by atoms with Crippen LogP contribution in [0.5, 0.6) is 0 Å². The molecule has 1 amide bonds.